The van der Waals surface area contributed by atoms with Gasteiger partial charge < -0.3 is 4.57 Å². The fraction of sp³-hybridized carbons (Fsp3) is 0.400. The van der Waals surface area contributed by atoms with Gasteiger partial charge in [0, 0.05) is 12.1 Å². The summed E-state index contributed by atoms with van der Waals surface area (Å²) in [5.41, 5.74) is 3.81. The van der Waals surface area contributed by atoms with Gasteiger partial charge in [0.25, 0.3) is 5.56 Å². The van der Waals surface area contributed by atoms with Crippen molar-refractivity contribution in [2.45, 2.75) is 52.5 Å². The fourth-order valence-electron chi connectivity index (χ4n) is 2.67. The van der Waals surface area contributed by atoms with Crippen molar-refractivity contribution >= 4 is 0 Å². The van der Waals surface area contributed by atoms with Crippen LogP contribution in [0.5, 0.6) is 0 Å². The second kappa shape index (κ2) is 7.78. The van der Waals surface area contributed by atoms with Gasteiger partial charge in [-0.3, -0.25) is 4.79 Å². The minimum Gasteiger partial charge on any atom is -0.308 e. The van der Waals surface area contributed by atoms with Crippen LogP contribution in [0.25, 0.3) is 11.3 Å². The van der Waals surface area contributed by atoms with Gasteiger partial charge in [0.05, 0.1) is 18.2 Å². The van der Waals surface area contributed by atoms with Crippen molar-refractivity contribution < 1.29 is 0 Å². The maximum absolute atomic E-state index is 12.6. The maximum Gasteiger partial charge on any atom is 0.255 e. The molecular weight excluding hydrogens is 284 g/mol. The zero-order chi connectivity index (χ0) is 16.8. The Morgan fingerprint density at radius 2 is 1.83 bits per heavy atom. The summed E-state index contributed by atoms with van der Waals surface area (Å²) in [6.45, 7) is 7.14. The Morgan fingerprint density at radius 3 is 2.39 bits per heavy atom. The Kier molecular flexibility index (Phi) is 5.76. The minimum atomic E-state index is -0.0366. The van der Waals surface area contributed by atoms with E-state index in [9.17, 15) is 4.79 Å². The third-order valence-electron chi connectivity index (χ3n) is 4.13. The molecule has 2 aromatic rings. The van der Waals surface area contributed by atoms with Crippen molar-refractivity contribution in [2.75, 3.05) is 0 Å². The topological polar surface area (TPSA) is 45.8 Å². The first-order valence-corrected chi connectivity index (χ1v) is 8.28. The van der Waals surface area contributed by atoms with E-state index >= 15 is 0 Å². The normalized spacial score (nSPS) is 10.7. The van der Waals surface area contributed by atoms with Crippen LogP contribution in [0, 0.1) is 11.3 Å². The number of hydrogen-bond donors (Lipinski definition) is 0. The Bertz CT molecular complexity index is 749. The van der Waals surface area contributed by atoms with Crippen molar-refractivity contribution in [3.8, 4) is 17.3 Å². The van der Waals surface area contributed by atoms with Gasteiger partial charge in [-0.15, -0.1) is 0 Å². The lowest BCUT2D eigenvalue weighted by molar-refractivity contribution is 0.615. The summed E-state index contributed by atoms with van der Waals surface area (Å²) in [5.74, 6) is 0.490. The average Bonchev–Trinajstić information content (AvgIpc) is 2.55. The smallest absolute Gasteiger partial charge is 0.255 e. The lowest BCUT2D eigenvalue weighted by atomic mass is 10.00. The molecule has 0 atom stereocenters. The first-order chi connectivity index (χ1) is 11.1. The predicted octanol–water partition coefficient (Wildman–Crippen LogP) is 4.50. The van der Waals surface area contributed by atoms with Gasteiger partial charge in [0.15, 0.2) is 0 Å². The second-order valence-electron chi connectivity index (χ2n) is 6.17. The third kappa shape index (κ3) is 3.90. The highest BCUT2D eigenvalue weighted by molar-refractivity contribution is 5.60. The molecule has 0 fully saturated rings. The molecule has 120 valence electrons. The van der Waals surface area contributed by atoms with Gasteiger partial charge in [-0.25, -0.2) is 0 Å². The van der Waals surface area contributed by atoms with Crippen LogP contribution in [0.2, 0.25) is 0 Å². The number of rotatable bonds is 6. The lowest BCUT2D eigenvalue weighted by Gasteiger charge is -2.15. The number of aromatic nitrogens is 1. The highest BCUT2D eigenvalue weighted by atomic mass is 16.1. The van der Waals surface area contributed by atoms with Crippen LogP contribution in [-0.2, 0) is 13.0 Å². The molecular formula is C20H24N2O. The molecule has 0 aliphatic heterocycles. The first-order valence-electron chi connectivity index (χ1n) is 8.28. The molecule has 0 saturated heterocycles. The van der Waals surface area contributed by atoms with Crippen molar-refractivity contribution in [3.05, 3.63) is 57.9 Å². The van der Waals surface area contributed by atoms with E-state index in [1.807, 2.05) is 10.6 Å². The molecule has 0 N–H and O–H groups in total. The summed E-state index contributed by atoms with van der Waals surface area (Å²) < 4.78 is 1.82. The van der Waals surface area contributed by atoms with E-state index in [2.05, 4.69) is 51.1 Å². The molecule has 3 heteroatoms. The van der Waals surface area contributed by atoms with E-state index in [4.69, 9.17) is 5.26 Å². The van der Waals surface area contributed by atoms with Crippen molar-refractivity contribution in [2.24, 2.45) is 0 Å². The van der Waals surface area contributed by atoms with E-state index in [0.29, 0.717) is 18.0 Å². The average molecular weight is 308 g/mol. The number of pyridine rings is 1. The first kappa shape index (κ1) is 17.0. The molecule has 1 aromatic carbocycles. The van der Waals surface area contributed by atoms with Gasteiger partial charge in [-0.2, -0.15) is 5.26 Å². The highest BCUT2D eigenvalue weighted by Gasteiger charge is 2.10. The summed E-state index contributed by atoms with van der Waals surface area (Å²) in [6.07, 6.45) is 2.14. The highest BCUT2D eigenvalue weighted by Crippen LogP contribution is 2.22. The summed E-state index contributed by atoms with van der Waals surface area (Å²) in [4.78, 5) is 12.6. The van der Waals surface area contributed by atoms with E-state index in [1.165, 1.54) is 5.56 Å². The van der Waals surface area contributed by atoms with E-state index < -0.39 is 0 Å². The minimum absolute atomic E-state index is 0.0366. The fourth-order valence-corrected chi connectivity index (χ4v) is 2.67. The van der Waals surface area contributed by atoms with Crippen LogP contribution in [-0.4, -0.2) is 4.57 Å². The largest absolute Gasteiger partial charge is 0.308 e. The maximum atomic E-state index is 12.6. The molecule has 0 unspecified atom stereocenters. The Balaban J connectivity index is 2.50. The summed E-state index contributed by atoms with van der Waals surface area (Å²) in [5, 5.41) is 8.88. The molecule has 23 heavy (non-hydrogen) atoms. The molecule has 0 bridgehead atoms. The molecule has 1 aromatic heterocycles. The van der Waals surface area contributed by atoms with Gasteiger partial charge >= 0.3 is 0 Å². The molecule has 0 spiro atoms. The van der Waals surface area contributed by atoms with Crippen LogP contribution in [0.15, 0.2) is 41.2 Å². The van der Waals surface area contributed by atoms with Crippen LogP contribution < -0.4 is 5.56 Å². The second-order valence-corrected chi connectivity index (χ2v) is 6.17. The number of unbranched alkanes of at least 4 members (excludes halogenated alkanes) is 1. The predicted molar refractivity (Wildman–Crippen MR) is 94.5 cm³/mol. The number of nitrogens with zero attached hydrogens (tertiary/aromatic N) is 2. The monoisotopic (exact) mass is 308 g/mol. The molecule has 0 saturated carbocycles. The molecule has 2 rings (SSSR count). The van der Waals surface area contributed by atoms with Crippen LogP contribution in [0.4, 0.5) is 0 Å². The van der Waals surface area contributed by atoms with Gasteiger partial charge in [0.2, 0.25) is 0 Å². The molecule has 0 aliphatic carbocycles. The molecule has 3 nitrogen and oxygen atoms in total. The van der Waals surface area contributed by atoms with Crippen LogP contribution in [0.3, 0.4) is 0 Å². The van der Waals surface area contributed by atoms with Crippen molar-refractivity contribution in [1.29, 1.82) is 5.26 Å². The SMILES string of the molecule is CCCCn1c(-c2ccc(C(C)C)cc2)ccc(CC#N)c1=O. The molecule has 0 radical (unpaired) electrons. The summed E-state index contributed by atoms with van der Waals surface area (Å²) >= 11 is 0. The van der Waals surface area contributed by atoms with E-state index in [-0.39, 0.29) is 12.0 Å². The Hall–Kier alpha value is -2.34. The Morgan fingerprint density at radius 1 is 1.13 bits per heavy atom. The number of hydrogen-bond acceptors (Lipinski definition) is 2. The third-order valence-corrected chi connectivity index (χ3v) is 4.13. The van der Waals surface area contributed by atoms with Gasteiger partial charge in [-0.1, -0.05) is 57.5 Å². The van der Waals surface area contributed by atoms with Crippen LogP contribution in [0.1, 0.15) is 50.7 Å². The van der Waals surface area contributed by atoms with E-state index in [1.54, 1.807) is 6.07 Å². The summed E-state index contributed by atoms with van der Waals surface area (Å²) in [6, 6.07) is 14.2. The zero-order valence-electron chi connectivity index (χ0n) is 14.2. The van der Waals surface area contributed by atoms with Gasteiger partial charge in [0.1, 0.15) is 0 Å². The van der Waals surface area contributed by atoms with Crippen molar-refractivity contribution in [3.63, 3.8) is 0 Å². The molecule has 1 heterocycles. The van der Waals surface area contributed by atoms with Gasteiger partial charge in [-0.05, 0) is 29.5 Å². The Labute approximate surface area is 138 Å². The quantitative estimate of drug-likeness (QED) is 0.788. The summed E-state index contributed by atoms with van der Waals surface area (Å²) in [7, 11) is 0. The number of benzene rings is 1. The zero-order valence-corrected chi connectivity index (χ0v) is 14.2. The van der Waals surface area contributed by atoms with E-state index in [0.717, 1.165) is 24.1 Å². The lowest BCUT2D eigenvalue weighted by Crippen LogP contribution is -2.25. The van der Waals surface area contributed by atoms with Crippen LogP contribution >= 0.6 is 0 Å². The standard InChI is InChI=1S/C20H24N2O/c1-4-5-14-22-19(11-10-18(12-13-21)20(22)23)17-8-6-16(7-9-17)15(2)3/h6-11,15H,4-5,12,14H2,1-3H3. The number of nitriles is 1. The molecule has 0 aliphatic rings. The van der Waals surface area contributed by atoms with Crippen molar-refractivity contribution in [1.82, 2.24) is 4.57 Å². The molecule has 0 amide bonds.